The van der Waals surface area contributed by atoms with Gasteiger partial charge in [-0.25, -0.2) is 12.8 Å². The average molecular weight is 385 g/mol. The van der Waals surface area contributed by atoms with Crippen LogP contribution in [0.3, 0.4) is 0 Å². The second-order valence-corrected chi connectivity index (χ2v) is 8.35. The molecule has 0 saturated heterocycles. The lowest BCUT2D eigenvalue weighted by Gasteiger charge is -2.17. The van der Waals surface area contributed by atoms with Crippen molar-refractivity contribution < 1.29 is 12.8 Å². The minimum absolute atomic E-state index is 0.179. The molecule has 0 spiro atoms. The number of anilines is 1. The van der Waals surface area contributed by atoms with E-state index in [9.17, 15) is 12.8 Å². The zero-order chi connectivity index (χ0) is 19.6. The van der Waals surface area contributed by atoms with E-state index in [0.717, 1.165) is 22.8 Å². The maximum absolute atomic E-state index is 14.1. The normalized spacial score (nSPS) is 12.7. The highest BCUT2D eigenvalue weighted by molar-refractivity contribution is 7.92. The summed E-state index contributed by atoms with van der Waals surface area (Å²) in [5, 5.41) is 9.88. The monoisotopic (exact) mass is 385 g/mol. The Balaban J connectivity index is 2.12. The zero-order valence-corrected chi connectivity index (χ0v) is 15.9. The van der Waals surface area contributed by atoms with Gasteiger partial charge < -0.3 is 4.98 Å². The topological polar surface area (TPSA) is 85.8 Å². The van der Waals surface area contributed by atoms with Crippen molar-refractivity contribution in [2.45, 2.75) is 25.7 Å². The molecular formula is C20H20FN3O2S. The standard InChI is InChI=1S/C20H20FN3O2S/c1-13-8-9-14(11-18(13)21)15(6-4-10-22)17-12-23-20-16(17)5-3-7-19(20)24-27(2,25)26/h3,5,7-9,11-12,15,23-24H,4,6H2,1-2H3. The molecule has 2 N–H and O–H groups in total. The largest absolute Gasteiger partial charge is 0.359 e. The van der Waals surface area contributed by atoms with Crippen LogP contribution in [0.4, 0.5) is 10.1 Å². The third-order valence-electron chi connectivity index (χ3n) is 4.56. The number of hydrogen-bond donors (Lipinski definition) is 2. The van der Waals surface area contributed by atoms with Crippen molar-refractivity contribution in [2.24, 2.45) is 0 Å². The Morgan fingerprint density at radius 2 is 2.07 bits per heavy atom. The fraction of sp³-hybridized carbons (Fsp3) is 0.250. The summed E-state index contributed by atoms with van der Waals surface area (Å²) in [6, 6.07) is 12.6. The second kappa shape index (κ2) is 7.41. The van der Waals surface area contributed by atoms with E-state index in [4.69, 9.17) is 5.26 Å². The molecule has 1 atom stereocenters. The number of sulfonamides is 1. The number of benzene rings is 2. The van der Waals surface area contributed by atoms with Crippen molar-refractivity contribution in [2.75, 3.05) is 11.0 Å². The highest BCUT2D eigenvalue weighted by Crippen LogP contribution is 2.36. The second-order valence-electron chi connectivity index (χ2n) is 6.60. The van der Waals surface area contributed by atoms with Gasteiger partial charge in [0.05, 0.1) is 23.5 Å². The molecule has 27 heavy (non-hydrogen) atoms. The molecule has 3 aromatic rings. The van der Waals surface area contributed by atoms with E-state index in [1.807, 2.05) is 12.1 Å². The maximum atomic E-state index is 14.1. The smallest absolute Gasteiger partial charge is 0.229 e. The molecule has 0 amide bonds. The predicted octanol–water partition coefficient (Wildman–Crippen LogP) is 4.42. The van der Waals surface area contributed by atoms with Crippen LogP contribution in [0.1, 0.15) is 35.4 Å². The number of fused-ring (bicyclic) bond motifs is 1. The van der Waals surface area contributed by atoms with Crippen LogP contribution in [0.2, 0.25) is 0 Å². The van der Waals surface area contributed by atoms with E-state index in [1.165, 1.54) is 6.07 Å². The number of para-hydroxylation sites is 1. The Morgan fingerprint density at radius 3 is 2.74 bits per heavy atom. The van der Waals surface area contributed by atoms with Crippen LogP contribution in [0.5, 0.6) is 0 Å². The van der Waals surface area contributed by atoms with Gasteiger partial charge in [0.2, 0.25) is 10.0 Å². The van der Waals surface area contributed by atoms with Crippen LogP contribution in [0.25, 0.3) is 10.9 Å². The quantitative estimate of drug-likeness (QED) is 0.658. The number of H-pyrrole nitrogens is 1. The summed E-state index contributed by atoms with van der Waals surface area (Å²) in [6.45, 7) is 1.71. The molecule has 1 unspecified atom stereocenters. The SMILES string of the molecule is Cc1ccc(C(CCC#N)c2c[nH]c3c(NS(C)(=O)=O)cccc23)cc1F. The number of nitriles is 1. The van der Waals surface area contributed by atoms with Crippen LogP contribution in [0, 0.1) is 24.1 Å². The third-order valence-corrected chi connectivity index (χ3v) is 5.15. The summed E-state index contributed by atoms with van der Waals surface area (Å²) in [5.74, 6) is -0.462. The highest BCUT2D eigenvalue weighted by Gasteiger charge is 2.20. The fourth-order valence-corrected chi connectivity index (χ4v) is 3.86. The molecule has 3 rings (SSSR count). The molecule has 0 aliphatic rings. The van der Waals surface area contributed by atoms with Gasteiger partial charge in [-0.3, -0.25) is 4.72 Å². The van der Waals surface area contributed by atoms with Gasteiger partial charge in [-0.15, -0.1) is 0 Å². The molecule has 0 bridgehead atoms. The van der Waals surface area contributed by atoms with Crippen LogP contribution >= 0.6 is 0 Å². The van der Waals surface area contributed by atoms with Gasteiger partial charge in [-0.1, -0.05) is 24.3 Å². The van der Waals surface area contributed by atoms with Gasteiger partial charge in [-0.2, -0.15) is 5.26 Å². The van der Waals surface area contributed by atoms with Crippen LogP contribution < -0.4 is 4.72 Å². The molecule has 5 nitrogen and oxygen atoms in total. The Kier molecular flexibility index (Phi) is 5.19. The Hall–Kier alpha value is -2.85. The lowest BCUT2D eigenvalue weighted by Crippen LogP contribution is -2.09. The minimum atomic E-state index is -3.42. The Labute approximate surface area is 157 Å². The predicted molar refractivity (Wildman–Crippen MR) is 105 cm³/mol. The molecule has 7 heteroatoms. The van der Waals surface area contributed by atoms with E-state index in [1.54, 1.807) is 31.3 Å². The van der Waals surface area contributed by atoms with Crippen molar-refractivity contribution in [1.82, 2.24) is 4.98 Å². The van der Waals surface area contributed by atoms with Crippen molar-refractivity contribution in [3.8, 4) is 6.07 Å². The minimum Gasteiger partial charge on any atom is -0.359 e. The highest BCUT2D eigenvalue weighted by atomic mass is 32.2. The number of nitrogens with one attached hydrogen (secondary N) is 2. The molecule has 1 heterocycles. The molecule has 140 valence electrons. The zero-order valence-electron chi connectivity index (χ0n) is 15.1. The molecule has 0 aliphatic carbocycles. The molecule has 0 aliphatic heterocycles. The number of hydrogen-bond acceptors (Lipinski definition) is 3. The average Bonchev–Trinajstić information content (AvgIpc) is 3.02. The molecule has 0 fully saturated rings. The van der Waals surface area contributed by atoms with E-state index in [2.05, 4.69) is 15.8 Å². The third kappa shape index (κ3) is 4.12. The van der Waals surface area contributed by atoms with Gasteiger partial charge in [0, 0.05) is 23.9 Å². The Morgan fingerprint density at radius 1 is 1.30 bits per heavy atom. The molecule has 0 radical (unpaired) electrons. The molecule has 2 aromatic carbocycles. The molecule has 0 saturated carbocycles. The first-order valence-corrected chi connectivity index (χ1v) is 10.4. The first-order chi connectivity index (χ1) is 12.8. The van der Waals surface area contributed by atoms with Crippen LogP contribution in [-0.2, 0) is 10.0 Å². The summed E-state index contributed by atoms with van der Waals surface area (Å²) < 4.78 is 39.9. The number of halogens is 1. The lowest BCUT2D eigenvalue weighted by atomic mass is 9.87. The van der Waals surface area contributed by atoms with E-state index in [0.29, 0.717) is 29.6 Å². The first-order valence-electron chi connectivity index (χ1n) is 8.51. The van der Waals surface area contributed by atoms with E-state index < -0.39 is 10.0 Å². The number of aromatic nitrogens is 1. The number of nitrogens with zero attached hydrogens (tertiary/aromatic N) is 1. The number of rotatable bonds is 6. The molecular weight excluding hydrogens is 365 g/mol. The van der Waals surface area contributed by atoms with Gasteiger partial charge in [0.15, 0.2) is 0 Å². The fourth-order valence-electron chi connectivity index (χ4n) is 3.29. The van der Waals surface area contributed by atoms with Gasteiger partial charge in [0.1, 0.15) is 5.82 Å². The van der Waals surface area contributed by atoms with Crippen molar-refractivity contribution in [3.05, 3.63) is 65.1 Å². The maximum Gasteiger partial charge on any atom is 0.229 e. The van der Waals surface area contributed by atoms with Crippen LogP contribution in [-0.4, -0.2) is 19.7 Å². The summed E-state index contributed by atoms with van der Waals surface area (Å²) in [6.07, 6.45) is 3.77. The van der Waals surface area contributed by atoms with E-state index in [-0.39, 0.29) is 11.7 Å². The van der Waals surface area contributed by atoms with E-state index >= 15 is 0 Å². The van der Waals surface area contributed by atoms with Crippen molar-refractivity contribution in [3.63, 3.8) is 0 Å². The van der Waals surface area contributed by atoms with Crippen molar-refractivity contribution in [1.29, 1.82) is 5.26 Å². The van der Waals surface area contributed by atoms with Gasteiger partial charge >= 0.3 is 0 Å². The number of aryl methyl sites for hydroxylation is 1. The summed E-state index contributed by atoms with van der Waals surface area (Å²) in [7, 11) is -3.42. The first kappa shape index (κ1) is 18.9. The van der Waals surface area contributed by atoms with Gasteiger partial charge in [-0.05, 0) is 42.2 Å². The Bertz CT molecular complexity index is 1130. The van der Waals surface area contributed by atoms with Crippen LogP contribution in [0.15, 0.2) is 42.6 Å². The van der Waals surface area contributed by atoms with Gasteiger partial charge in [0.25, 0.3) is 0 Å². The summed E-state index contributed by atoms with van der Waals surface area (Å²) in [5.41, 5.74) is 3.37. The number of aromatic amines is 1. The lowest BCUT2D eigenvalue weighted by molar-refractivity contribution is 0.606. The van der Waals surface area contributed by atoms with Crippen molar-refractivity contribution >= 4 is 26.6 Å². The summed E-state index contributed by atoms with van der Waals surface area (Å²) >= 11 is 0. The summed E-state index contributed by atoms with van der Waals surface area (Å²) in [4.78, 5) is 3.13. The molecule has 1 aromatic heterocycles.